The second-order valence-corrected chi connectivity index (χ2v) is 6.69. The molecule has 7 heteroatoms. The number of pyridine rings is 1. The van der Waals surface area contributed by atoms with Crippen LogP contribution in [-0.2, 0) is 10.0 Å². The van der Waals surface area contributed by atoms with Gasteiger partial charge in [-0.3, -0.25) is 4.72 Å². The maximum Gasteiger partial charge on any atom is 0.263 e. The molecule has 0 saturated carbocycles. The van der Waals surface area contributed by atoms with Gasteiger partial charge in [-0.2, -0.15) is 0 Å². The number of aromatic nitrogens is 1. The molecule has 4 nitrogen and oxygen atoms in total. The Hall–Kier alpha value is -1.11. The van der Waals surface area contributed by atoms with Gasteiger partial charge in [-0.05, 0) is 52.7 Å². The van der Waals surface area contributed by atoms with Gasteiger partial charge in [-0.25, -0.2) is 13.4 Å². The van der Waals surface area contributed by atoms with Gasteiger partial charge in [0.25, 0.3) is 10.0 Å². The Morgan fingerprint density at radius 2 is 2.05 bits per heavy atom. The predicted octanol–water partition coefficient (Wildman–Crippen LogP) is 3.61. The second-order valence-electron chi connectivity index (χ2n) is 3.88. The number of benzene rings is 1. The van der Waals surface area contributed by atoms with Crippen molar-refractivity contribution in [3.05, 3.63) is 51.7 Å². The van der Waals surface area contributed by atoms with Gasteiger partial charge in [0.2, 0.25) is 0 Å². The van der Waals surface area contributed by atoms with Crippen LogP contribution >= 0.6 is 27.5 Å². The lowest BCUT2D eigenvalue weighted by Crippen LogP contribution is -2.14. The molecule has 0 bridgehead atoms. The first kappa shape index (κ1) is 14.3. The van der Waals surface area contributed by atoms with Crippen LogP contribution in [0.1, 0.15) is 5.56 Å². The van der Waals surface area contributed by atoms with Crippen LogP contribution in [0, 0.1) is 6.92 Å². The van der Waals surface area contributed by atoms with E-state index < -0.39 is 10.0 Å². The van der Waals surface area contributed by atoms with Crippen molar-refractivity contribution in [3.63, 3.8) is 0 Å². The van der Waals surface area contributed by atoms with Crippen LogP contribution in [0.2, 0.25) is 5.02 Å². The highest BCUT2D eigenvalue weighted by Gasteiger charge is 2.19. The van der Waals surface area contributed by atoms with E-state index in [1.807, 2.05) is 6.92 Å². The number of hydrogen-bond acceptors (Lipinski definition) is 3. The fourth-order valence-electron chi connectivity index (χ4n) is 1.49. The molecule has 0 spiro atoms. The minimum atomic E-state index is -3.74. The largest absolute Gasteiger partial charge is 0.277 e. The lowest BCUT2D eigenvalue weighted by atomic mass is 10.2. The number of rotatable bonds is 3. The Morgan fingerprint density at radius 1 is 1.32 bits per heavy atom. The SMILES string of the molecule is Cc1ccc(S(=O)(=O)Nc2cccnc2Br)c(Cl)c1. The zero-order valence-electron chi connectivity index (χ0n) is 9.89. The summed E-state index contributed by atoms with van der Waals surface area (Å²) in [6, 6.07) is 8.02. The molecule has 0 aliphatic heterocycles. The molecule has 0 aliphatic rings. The van der Waals surface area contributed by atoms with Crippen LogP contribution in [-0.4, -0.2) is 13.4 Å². The molecule has 0 atom stereocenters. The molecule has 0 unspecified atom stereocenters. The number of sulfonamides is 1. The highest BCUT2D eigenvalue weighted by Crippen LogP contribution is 2.27. The van der Waals surface area contributed by atoms with Crippen LogP contribution in [0.15, 0.2) is 46.0 Å². The maximum atomic E-state index is 12.2. The Morgan fingerprint density at radius 3 is 2.68 bits per heavy atom. The average Bonchev–Trinajstić information content (AvgIpc) is 2.31. The third-order valence-corrected chi connectivity index (χ3v) is 4.86. The van der Waals surface area contributed by atoms with Crippen LogP contribution in [0.5, 0.6) is 0 Å². The third kappa shape index (κ3) is 3.26. The lowest BCUT2D eigenvalue weighted by molar-refractivity contribution is 0.601. The second kappa shape index (κ2) is 5.48. The highest BCUT2D eigenvalue weighted by molar-refractivity contribution is 9.10. The summed E-state index contributed by atoms with van der Waals surface area (Å²) in [4.78, 5) is 3.99. The van der Waals surface area contributed by atoms with Gasteiger partial charge in [0, 0.05) is 6.20 Å². The molecular weight excluding hydrogens is 352 g/mol. The molecule has 1 N–H and O–H groups in total. The van der Waals surface area contributed by atoms with E-state index in [0.29, 0.717) is 10.3 Å². The number of halogens is 2. The number of aryl methyl sites for hydroxylation is 1. The van der Waals surface area contributed by atoms with Gasteiger partial charge >= 0.3 is 0 Å². The Labute approximate surface area is 125 Å². The number of nitrogens with one attached hydrogen (secondary N) is 1. The predicted molar refractivity (Wildman–Crippen MR) is 78.9 cm³/mol. The van der Waals surface area contributed by atoms with Gasteiger partial charge in [0.15, 0.2) is 0 Å². The quantitative estimate of drug-likeness (QED) is 0.850. The molecule has 0 amide bonds. The fourth-order valence-corrected chi connectivity index (χ4v) is 3.63. The number of nitrogens with zero attached hydrogens (tertiary/aromatic N) is 1. The monoisotopic (exact) mass is 360 g/mol. The standard InChI is InChI=1S/C12H10BrClN2O2S/c1-8-4-5-11(9(14)7-8)19(17,18)16-10-3-2-6-15-12(10)13/h2-7,16H,1H3. The van der Waals surface area contributed by atoms with Crippen molar-refractivity contribution in [2.24, 2.45) is 0 Å². The number of hydrogen-bond donors (Lipinski definition) is 1. The van der Waals surface area contributed by atoms with Crippen LogP contribution < -0.4 is 4.72 Å². The minimum absolute atomic E-state index is 0.0375. The van der Waals surface area contributed by atoms with Crippen molar-refractivity contribution in [3.8, 4) is 0 Å². The van der Waals surface area contributed by atoms with Gasteiger partial charge in [-0.1, -0.05) is 17.7 Å². The summed E-state index contributed by atoms with van der Waals surface area (Å²) in [5, 5.41) is 0.188. The van der Waals surface area contributed by atoms with Gasteiger partial charge in [0.05, 0.1) is 10.7 Å². The molecule has 1 aromatic carbocycles. The summed E-state index contributed by atoms with van der Waals surface area (Å²) in [5.74, 6) is 0. The zero-order valence-corrected chi connectivity index (χ0v) is 13.1. The molecule has 100 valence electrons. The van der Waals surface area contributed by atoms with E-state index >= 15 is 0 Å². The first-order valence-electron chi connectivity index (χ1n) is 5.29. The van der Waals surface area contributed by atoms with E-state index in [0.717, 1.165) is 5.56 Å². The summed E-state index contributed by atoms with van der Waals surface area (Å²) in [7, 11) is -3.74. The minimum Gasteiger partial charge on any atom is -0.277 e. The van der Waals surface area contributed by atoms with Gasteiger partial charge in [-0.15, -0.1) is 0 Å². The van der Waals surface area contributed by atoms with E-state index in [1.54, 1.807) is 30.5 Å². The van der Waals surface area contributed by atoms with Crippen molar-refractivity contribution in [2.45, 2.75) is 11.8 Å². The van der Waals surface area contributed by atoms with Crippen molar-refractivity contribution >= 4 is 43.2 Å². The Bertz CT molecular complexity index is 719. The van der Waals surface area contributed by atoms with Crippen molar-refractivity contribution in [1.29, 1.82) is 0 Å². The Kier molecular flexibility index (Phi) is 4.13. The summed E-state index contributed by atoms with van der Waals surface area (Å²) in [6.07, 6.45) is 1.56. The molecule has 0 aliphatic carbocycles. The van der Waals surface area contributed by atoms with Crippen LogP contribution in [0.4, 0.5) is 5.69 Å². The van der Waals surface area contributed by atoms with E-state index in [1.165, 1.54) is 6.07 Å². The topological polar surface area (TPSA) is 59.1 Å². The third-order valence-electron chi connectivity index (χ3n) is 2.38. The van der Waals surface area contributed by atoms with E-state index in [4.69, 9.17) is 11.6 Å². The van der Waals surface area contributed by atoms with Crippen LogP contribution in [0.3, 0.4) is 0 Å². The molecule has 19 heavy (non-hydrogen) atoms. The number of anilines is 1. The molecule has 0 saturated heterocycles. The molecular formula is C12H10BrClN2O2S. The molecule has 1 heterocycles. The lowest BCUT2D eigenvalue weighted by Gasteiger charge is -2.10. The molecule has 0 radical (unpaired) electrons. The normalized spacial score (nSPS) is 11.3. The smallest absolute Gasteiger partial charge is 0.263 e. The van der Waals surface area contributed by atoms with Gasteiger partial charge in [0.1, 0.15) is 9.50 Å². The highest BCUT2D eigenvalue weighted by atomic mass is 79.9. The van der Waals surface area contributed by atoms with Gasteiger partial charge < -0.3 is 0 Å². The molecule has 1 aromatic heterocycles. The Balaban J connectivity index is 2.41. The van der Waals surface area contributed by atoms with E-state index in [9.17, 15) is 8.42 Å². The fraction of sp³-hybridized carbons (Fsp3) is 0.0833. The molecule has 2 aromatic rings. The van der Waals surface area contributed by atoms with Crippen molar-refractivity contribution < 1.29 is 8.42 Å². The molecule has 0 fully saturated rings. The van der Waals surface area contributed by atoms with Crippen molar-refractivity contribution in [2.75, 3.05) is 4.72 Å². The average molecular weight is 362 g/mol. The van der Waals surface area contributed by atoms with Crippen molar-refractivity contribution in [1.82, 2.24) is 4.98 Å². The summed E-state index contributed by atoms with van der Waals surface area (Å²) >= 11 is 9.15. The summed E-state index contributed by atoms with van der Waals surface area (Å²) < 4.78 is 27.3. The first-order valence-corrected chi connectivity index (χ1v) is 7.95. The maximum absolute atomic E-state index is 12.2. The molecule has 2 rings (SSSR count). The zero-order chi connectivity index (χ0) is 14.0. The summed E-state index contributed by atoms with van der Waals surface area (Å²) in [6.45, 7) is 1.84. The van der Waals surface area contributed by atoms with Crippen LogP contribution in [0.25, 0.3) is 0 Å². The van der Waals surface area contributed by atoms with E-state index in [-0.39, 0.29) is 9.92 Å². The summed E-state index contributed by atoms with van der Waals surface area (Å²) in [5.41, 5.74) is 1.26. The van der Waals surface area contributed by atoms with E-state index in [2.05, 4.69) is 25.6 Å². The first-order chi connectivity index (χ1) is 8.90.